The van der Waals surface area contributed by atoms with Crippen LogP contribution in [-0.4, -0.2) is 27.6 Å². The Bertz CT molecular complexity index is 433. The Kier molecular flexibility index (Phi) is 6.98. The molecule has 0 saturated carbocycles. The topological polar surface area (TPSA) is 75.1 Å². The molecule has 0 amide bonds. The maximum Gasteiger partial charge on any atom is 0.354 e. The Labute approximate surface area is 120 Å². The second kappa shape index (κ2) is 8.51. The van der Waals surface area contributed by atoms with Gasteiger partial charge in [0.05, 0.1) is 0 Å². The quantitative estimate of drug-likeness (QED) is 0.677. The molecule has 1 heterocycles. The van der Waals surface area contributed by atoms with Crippen molar-refractivity contribution in [1.82, 2.24) is 9.97 Å². The van der Waals surface area contributed by atoms with E-state index in [1.807, 2.05) is 0 Å². The molecule has 0 aromatic carbocycles. The smallest absolute Gasteiger partial charge is 0.354 e. The van der Waals surface area contributed by atoms with E-state index in [-0.39, 0.29) is 5.69 Å². The minimum Gasteiger partial charge on any atom is -0.477 e. The van der Waals surface area contributed by atoms with E-state index in [1.54, 1.807) is 6.92 Å². The first-order chi connectivity index (χ1) is 9.49. The molecule has 5 heteroatoms. The summed E-state index contributed by atoms with van der Waals surface area (Å²) in [5, 5.41) is 12.0. The predicted octanol–water partition coefficient (Wildman–Crippen LogP) is 3.50. The van der Waals surface area contributed by atoms with Crippen LogP contribution >= 0.6 is 0 Å². The molecule has 0 bridgehead atoms. The molecule has 0 unspecified atom stereocenters. The Balaban J connectivity index is 2.27. The fourth-order valence-electron chi connectivity index (χ4n) is 1.99. The van der Waals surface area contributed by atoms with Crippen LogP contribution in [0, 0.1) is 12.8 Å². The molecular formula is C15H25N3O2. The van der Waals surface area contributed by atoms with E-state index in [4.69, 9.17) is 5.11 Å². The summed E-state index contributed by atoms with van der Waals surface area (Å²) in [5.41, 5.74) is 0.703. The summed E-state index contributed by atoms with van der Waals surface area (Å²) in [5.74, 6) is 0.167. The largest absolute Gasteiger partial charge is 0.477 e. The maximum atomic E-state index is 10.9. The van der Waals surface area contributed by atoms with Gasteiger partial charge in [0, 0.05) is 12.2 Å². The van der Waals surface area contributed by atoms with Crippen LogP contribution in [0.15, 0.2) is 6.07 Å². The number of carboxylic acid groups (broad SMARTS) is 1. The summed E-state index contributed by atoms with van der Waals surface area (Å²) in [7, 11) is 0. The lowest BCUT2D eigenvalue weighted by atomic mass is 10.0. The number of aromatic nitrogens is 2. The van der Waals surface area contributed by atoms with E-state index in [0.717, 1.165) is 18.9 Å². The summed E-state index contributed by atoms with van der Waals surface area (Å²) in [6.07, 6.45) is 6.04. The van der Waals surface area contributed by atoms with Crippen molar-refractivity contribution in [1.29, 1.82) is 0 Å². The molecule has 0 fully saturated rings. The molecule has 112 valence electrons. The van der Waals surface area contributed by atoms with Crippen LogP contribution < -0.4 is 5.32 Å². The van der Waals surface area contributed by atoms with Gasteiger partial charge in [0.2, 0.25) is 5.95 Å². The highest BCUT2D eigenvalue weighted by Crippen LogP contribution is 2.10. The van der Waals surface area contributed by atoms with E-state index in [1.165, 1.54) is 31.7 Å². The highest BCUT2D eigenvalue weighted by molar-refractivity contribution is 5.85. The number of rotatable bonds is 9. The molecule has 1 aromatic heterocycles. The van der Waals surface area contributed by atoms with Crippen LogP contribution in [0.5, 0.6) is 0 Å². The van der Waals surface area contributed by atoms with Crippen molar-refractivity contribution in [2.45, 2.75) is 52.9 Å². The molecule has 0 atom stereocenters. The summed E-state index contributed by atoms with van der Waals surface area (Å²) in [6, 6.07) is 1.47. The monoisotopic (exact) mass is 279 g/mol. The van der Waals surface area contributed by atoms with Gasteiger partial charge in [-0.2, -0.15) is 0 Å². The molecule has 0 radical (unpaired) electrons. The van der Waals surface area contributed by atoms with Crippen LogP contribution in [0.4, 0.5) is 5.95 Å². The summed E-state index contributed by atoms with van der Waals surface area (Å²) >= 11 is 0. The fraction of sp³-hybridized carbons (Fsp3) is 0.667. The Morgan fingerprint density at radius 2 is 1.95 bits per heavy atom. The minimum absolute atomic E-state index is 0.0388. The van der Waals surface area contributed by atoms with Gasteiger partial charge in [0.15, 0.2) is 5.69 Å². The first-order valence-electron chi connectivity index (χ1n) is 7.32. The number of carboxylic acids is 1. The minimum atomic E-state index is -1.02. The van der Waals surface area contributed by atoms with E-state index < -0.39 is 5.97 Å². The highest BCUT2D eigenvalue weighted by Gasteiger charge is 2.07. The summed E-state index contributed by atoms with van der Waals surface area (Å²) in [6.45, 7) is 7.04. The molecule has 0 aliphatic rings. The number of carbonyl (C=O) groups is 1. The highest BCUT2D eigenvalue weighted by atomic mass is 16.4. The van der Waals surface area contributed by atoms with E-state index >= 15 is 0 Å². The Morgan fingerprint density at radius 3 is 2.60 bits per heavy atom. The molecule has 1 aromatic rings. The first kappa shape index (κ1) is 16.4. The third-order valence-electron chi connectivity index (χ3n) is 3.06. The zero-order valence-corrected chi connectivity index (χ0v) is 12.6. The molecule has 0 saturated heterocycles. The second-order valence-electron chi connectivity index (χ2n) is 5.55. The molecular weight excluding hydrogens is 254 g/mol. The molecule has 0 aliphatic carbocycles. The van der Waals surface area contributed by atoms with E-state index in [9.17, 15) is 4.79 Å². The van der Waals surface area contributed by atoms with Crippen molar-refractivity contribution in [2.75, 3.05) is 11.9 Å². The summed E-state index contributed by atoms with van der Waals surface area (Å²) < 4.78 is 0. The van der Waals surface area contributed by atoms with Crippen LogP contribution in [0.1, 0.15) is 62.1 Å². The lowest BCUT2D eigenvalue weighted by Crippen LogP contribution is -2.10. The zero-order chi connectivity index (χ0) is 15.0. The number of nitrogens with one attached hydrogen (secondary N) is 1. The predicted molar refractivity (Wildman–Crippen MR) is 80.1 cm³/mol. The average molecular weight is 279 g/mol. The molecule has 2 N–H and O–H groups in total. The van der Waals surface area contributed by atoms with Crippen molar-refractivity contribution in [3.8, 4) is 0 Å². The van der Waals surface area contributed by atoms with Gasteiger partial charge in [-0.15, -0.1) is 0 Å². The Hall–Kier alpha value is -1.65. The van der Waals surface area contributed by atoms with Crippen molar-refractivity contribution in [2.24, 2.45) is 5.92 Å². The number of aromatic carboxylic acids is 1. The van der Waals surface area contributed by atoms with Gasteiger partial charge >= 0.3 is 5.97 Å². The van der Waals surface area contributed by atoms with Crippen molar-refractivity contribution >= 4 is 11.9 Å². The number of hydrogen-bond acceptors (Lipinski definition) is 4. The SMILES string of the molecule is Cc1cc(C(=O)O)nc(NCCCCCCC(C)C)n1. The van der Waals surface area contributed by atoms with Crippen molar-refractivity contribution in [3.05, 3.63) is 17.5 Å². The van der Waals surface area contributed by atoms with Gasteiger partial charge in [-0.1, -0.05) is 39.5 Å². The van der Waals surface area contributed by atoms with Crippen molar-refractivity contribution in [3.63, 3.8) is 0 Å². The van der Waals surface area contributed by atoms with Crippen LogP contribution in [0.25, 0.3) is 0 Å². The van der Waals surface area contributed by atoms with Gasteiger partial charge in [-0.25, -0.2) is 14.8 Å². The third-order valence-corrected chi connectivity index (χ3v) is 3.06. The van der Waals surface area contributed by atoms with Gasteiger partial charge in [0.25, 0.3) is 0 Å². The van der Waals surface area contributed by atoms with Crippen LogP contribution in [0.3, 0.4) is 0 Å². The maximum absolute atomic E-state index is 10.9. The first-order valence-corrected chi connectivity index (χ1v) is 7.32. The number of unbranched alkanes of at least 4 members (excludes halogenated alkanes) is 3. The average Bonchev–Trinajstić information content (AvgIpc) is 2.36. The molecule has 0 spiro atoms. The summed E-state index contributed by atoms with van der Waals surface area (Å²) in [4.78, 5) is 19.0. The number of hydrogen-bond donors (Lipinski definition) is 2. The van der Waals surface area contributed by atoms with Crippen LogP contribution in [-0.2, 0) is 0 Å². The second-order valence-corrected chi connectivity index (χ2v) is 5.55. The fourth-order valence-corrected chi connectivity index (χ4v) is 1.99. The molecule has 20 heavy (non-hydrogen) atoms. The van der Waals surface area contributed by atoms with Gasteiger partial charge in [-0.05, 0) is 25.3 Å². The molecule has 1 rings (SSSR count). The molecule has 5 nitrogen and oxygen atoms in total. The van der Waals surface area contributed by atoms with Gasteiger partial charge < -0.3 is 10.4 Å². The zero-order valence-electron chi connectivity index (χ0n) is 12.6. The number of nitrogens with zero attached hydrogens (tertiary/aromatic N) is 2. The number of anilines is 1. The standard InChI is InChI=1S/C15H25N3O2/c1-11(2)8-6-4-5-7-9-16-15-17-12(3)10-13(18-15)14(19)20/h10-11H,4-9H2,1-3H3,(H,19,20)(H,16,17,18). The van der Waals surface area contributed by atoms with Crippen LogP contribution in [0.2, 0.25) is 0 Å². The lowest BCUT2D eigenvalue weighted by molar-refractivity contribution is 0.0690. The third kappa shape index (κ3) is 6.50. The van der Waals surface area contributed by atoms with E-state index in [2.05, 4.69) is 29.1 Å². The van der Waals surface area contributed by atoms with Gasteiger partial charge in [-0.3, -0.25) is 0 Å². The Morgan fingerprint density at radius 1 is 1.25 bits per heavy atom. The lowest BCUT2D eigenvalue weighted by Gasteiger charge is -2.07. The molecule has 0 aliphatic heterocycles. The number of aryl methyl sites for hydroxylation is 1. The normalized spacial score (nSPS) is 10.8. The van der Waals surface area contributed by atoms with E-state index in [0.29, 0.717) is 11.6 Å². The van der Waals surface area contributed by atoms with Gasteiger partial charge in [0.1, 0.15) is 0 Å². The van der Waals surface area contributed by atoms with Crippen molar-refractivity contribution < 1.29 is 9.90 Å².